The number of nitrogens with zero attached hydrogens (tertiary/aromatic N) is 3. The molecule has 0 unspecified atom stereocenters. The number of nitrogens with two attached hydrogens (primary N) is 2. The van der Waals surface area contributed by atoms with E-state index < -0.39 is 0 Å². The number of hydrogen-bond acceptors (Lipinski definition) is 4. The summed E-state index contributed by atoms with van der Waals surface area (Å²) in [6.07, 6.45) is 1.92. The summed E-state index contributed by atoms with van der Waals surface area (Å²) in [4.78, 5) is 4.35. The fraction of sp³-hybridized carbons (Fsp3) is 0.500. The second kappa shape index (κ2) is 3.91. The van der Waals surface area contributed by atoms with E-state index >= 15 is 0 Å². The minimum absolute atomic E-state index is 0.278. The summed E-state index contributed by atoms with van der Waals surface area (Å²) in [6.45, 7) is 8.28. The summed E-state index contributed by atoms with van der Waals surface area (Å²) < 4.78 is 1.73. The molecular weight excluding hydrogens is 214 g/mol. The van der Waals surface area contributed by atoms with Crippen LogP contribution < -0.4 is 11.5 Å². The van der Waals surface area contributed by atoms with Gasteiger partial charge in [-0.05, 0) is 11.8 Å². The van der Waals surface area contributed by atoms with Crippen LogP contribution in [-0.2, 0) is 0 Å². The number of aromatic nitrogens is 3. The van der Waals surface area contributed by atoms with Crippen molar-refractivity contribution in [3.8, 4) is 0 Å². The van der Waals surface area contributed by atoms with Crippen LogP contribution in [0.3, 0.4) is 0 Å². The summed E-state index contributed by atoms with van der Waals surface area (Å²) in [6, 6.07) is 0. The molecule has 2 rings (SSSR count). The summed E-state index contributed by atoms with van der Waals surface area (Å²) in [5.41, 5.74) is 15.1. The van der Waals surface area contributed by atoms with Crippen LogP contribution in [0.2, 0.25) is 0 Å². The second-order valence-corrected chi connectivity index (χ2v) is 4.96. The molecule has 0 aliphatic rings. The van der Waals surface area contributed by atoms with E-state index in [1.54, 1.807) is 4.52 Å². The van der Waals surface area contributed by atoms with Gasteiger partial charge in [0.2, 0.25) is 0 Å². The number of rotatable bonds is 2. The zero-order valence-corrected chi connectivity index (χ0v) is 10.7. The van der Waals surface area contributed by atoms with Crippen molar-refractivity contribution in [3.63, 3.8) is 0 Å². The van der Waals surface area contributed by atoms with Crippen molar-refractivity contribution in [1.29, 1.82) is 0 Å². The lowest BCUT2D eigenvalue weighted by Gasteiger charge is -2.08. The molecule has 92 valence electrons. The van der Waals surface area contributed by atoms with Gasteiger partial charge in [-0.2, -0.15) is 5.10 Å². The Labute approximate surface area is 101 Å². The lowest BCUT2D eigenvalue weighted by atomic mass is 10.1. The number of anilines is 2. The van der Waals surface area contributed by atoms with E-state index in [4.69, 9.17) is 11.5 Å². The van der Waals surface area contributed by atoms with E-state index in [-0.39, 0.29) is 5.92 Å². The van der Waals surface area contributed by atoms with Crippen molar-refractivity contribution in [2.75, 3.05) is 11.5 Å². The highest BCUT2D eigenvalue weighted by atomic mass is 15.3. The molecule has 0 fully saturated rings. The SMILES string of the molecule is CC(C)c1cn2nc(C(C)C)c(N)c2nc1N. The minimum Gasteiger partial charge on any atom is -0.394 e. The van der Waals surface area contributed by atoms with E-state index in [1.807, 2.05) is 6.20 Å². The number of nitrogen functional groups attached to an aromatic ring is 2. The number of hydrogen-bond donors (Lipinski definition) is 2. The third-order valence-electron chi connectivity index (χ3n) is 2.90. The predicted octanol–water partition coefficient (Wildman–Crippen LogP) is 2.14. The molecule has 17 heavy (non-hydrogen) atoms. The molecule has 4 N–H and O–H groups in total. The van der Waals surface area contributed by atoms with E-state index in [0.29, 0.717) is 23.1 Å². The molecular formula is C12H19N5. The molecule has 0 aliphatic heterocycles. The van der Waals surface area contributed by atoms with Crippen molar-refractivity contribution in [2.24, 2.45) is 0 Å². The van der Waals surface area contributed by atoms with Gasteiger partial charge in [0, 0.05) is 11.8 Å². The first-order valence-electron chi connectivity index (χ1n) is 5.86. The first-order valence-corrected chi connectivity index (χ1v) is 5.86. The predicted molar refractivity (Wildman–Crippen MR) is 70.0 cm³/mol. The minimum atomic E-state index is 0.278. The van der Waals surface area contributed by atoms with Crippen LogP contribution in [0.25, 0.3) is 5.65 Å². The topological polar surface area (TPSA) is 82.2 Å². The quantitative estimate of drug-likeness (QED) is 0.832. The Hall–Kier alpha value is -1.78. The maximum atomic E-state index is 6.03. The van der Waals surface area contributed by atoms with Crippen LogP contribution in [-0.4, -0.2) is 14.6 Å². The molecule has 2 aromatic rings. The third-order valence-corrected chi connectivity index (χ3v) is 2.90. The van der Waals surface area contributed by atoms with Crippen molar-refractivity contribution in [2.45, 2.75) is 39.5 Å². The molecule has 5 nitrogen and oxygen atoms in total. The van der Waals surface area contributed by atoms with Crippen molar-refractivity contribution in [3.05, 3.63) is 17.5 Å². The molecule has 2 heterocycles. The fourth-order valence-electron chi connectivity index (χ4n) is 1.90. The van der Waals surface area contributed by atoms with Gasteiger partial charge in [-0.3, -0.25) is 0 Å². The molecule has 5 heteroatoms. The normalized spacial score (nSPS) is 11.9. The fourth-order valence-corrected chi connectivity index (χ4v) is 1.90. The smallest absolute Gasteiger partial charge is 0.180 e. The molecule has 0 bridgehead atoms. The average molecular weight is 233 g/mol. The first kappa shape index (κ1) is 11.7. The Morgan fingerprint density at radius 1 is 1.12 bits per heavy atom. The first-order chi connectivity index (χ1) is 7.91. The highest BCUT2D eigenvalue weighted by Gasteiger charge is 2.16. The van der Waals surface area contributed by atoms with Gasteiger partial charge in [-0.15, -0.1) is 0 Å². The maximum absolute atomic E-state index is 6.03. The second-order valence-electron chi connectivity index (χ2n) is 4.96. The molecule has 0 atom stereocenters. The van der Waals surface area contributed by atoms with Crippen molar-refractivity contribution < 1.29 is 0 Å². The van der Waals surface area contributed by atoms with Gasteiger partial charge >= 0.3 is 0 Å². The van der Waals surface area contributed by atoms with Gasteiger partial charge in [0.15, 0.2) is 5.65 Å². The highest BCUT2D eigenvalue weighted by molar-refractivity contribution is 5.70. The van der Waals surface area contributed by atoms with E-state index in [1.165, 1.54) is 0 Å². The molecule has 0 amide bonds. The molecule has 0 aliphatic carbocycles. The van der Waals surface area contributed by atoms with Crippen molar-refractivity contribution >= 4 is 17.2 Å². The van der Waals surface area contributed by atoms with Gasteiger partial charge in [0.1, 0.15) is 11.5 Å². The largest absolute Gasteiger partial charge is 0.394 e. The third kappa shape index (κ3) is 1.81. The van der Waals surface area contributed by atoms with Crippen LogP contribution in [0.1, 0.15) is 50.8 Å². The Balaban J connectivity index is 2.71. The lowest BCUT2D eigenvalue weighted by molar-refractivity contribution is 0.774. The Bertz CT molecular complexity index is 548. The van der Waals surface area contributed by atoms with Crippen LogP contribution in [0, 0.1) is 0 Å². The van der Waals surface area contributed by atoms with E-state index in [0.717, 1.165) is 11.3 Å². The molecule has 0 spiro atoms. The lowest BCUT2D eigenvalue weighted by Crippen LogP contribution is -2.04. The molecule has 0 saturated heterocycles. The molecule has 2 aromatic heterocycles. The summed E-state index contributed by atoms with van der Waals surface area (Å²) in [5, 5.41) is 4.47. The van der Waals surface area contributed by atoms with Gasteiger partial charge in [0.05, 0.1) is 5.69 Å². The van der Waals surface area contributed by atoms with E-state index in [2.05, 4.69) is 37.8 Å². The van der Waals surface area contributed by atoms with Crippen LogP contribution in [0.4, 0.5) is 11.5 Å². The van der Waals surface area contributed by atoms with Gasteiger partial charge in [-0.1, -0.05) is 27.7 Å². The van der Waals surface area contributed by atoms with Gasteiger partial charge in [0.25, 0.3) is 0 Å². The van der Waals surface area contributed by atoms with Crippen LogP contribution in [0.15, 0.2) is 6.20 Å². The van der Waals surface area contributed by atoms with Gasteiger partial charge in [-0.25, -0.2) is 9.50 Å². The molecule has 0 saturated carbocycles. The Morgan fingerprint density at radius 3 is 2.29 bits per heavy atom. The summed E-state index contributed by atoms with van der Waals surface area (Å²) in [5.74, 6) is 1.13. The summed E-state index contributed by atoms with van der Waals surface area (Å²) >= 11 is 0. The standard InChI is InChI=1S/C12H19N5/c1-6(2)8-5-17-12(15-11(8)14)9(13)10(16-17)7(3)4/h5-7H,13H2,1-4H3,(H2,14,15). The van der Waals surface area contributed by atoms with Crippen LogP contribution in [0.5, 0.6) is 0 Å². The Kier molecular flexibility index (Phi) is 2.69. The summed E-state index contributed by atoms with van der Waals surface area (Å²) in [7, 11) is 0. The monoisotopic (exact) mass is 233 g/mol. The van der Waals surface area contributed by atoms with Gasteiger partial charge < -0.3 is 11.5 Å². The highest BCUT2D eigenvalue weighted by Crippen LogP contribution is 2.27. The van der Waals surface area contributed by atoms with Crippen LogP contribution >= 0.6 is 0 Å². The van der Waals surface area contributed by atoms with E-state index in [9.17, 15) is 0 Å². The zero-order chi connectivity index (χ0) is 12.7. The molecule has 0 aromatic carbocycles. The number of fused-ring (bicyclic) bond motifs is 1. The Morgan fingerprint density at radius 2 is 1.76 bits per heavy atom. The average Bonchev–Trinajstić information content (AvgIpc) is 2.55. The maximum Gasteiger partial charge on any atom is 0.180 e. The van der Waals surface area contributed by atoms with Crippen molar-refractivity contribution in [1.82, 2.24) is 14.6 Å². The molecule has 0 radical (unpaired) electrons. The zero-order valence-electron chi connectivity index (χ0n) is 10.7.